The molecule has 2 aromatic carbocycles. The molecule has 0 unspecified atom stereocenters. The van der Waals surface area contributed by atoms with E-state index in [1.807, 2.05) is 0 Å². The molecule has 0 radical (unpaired) electrons. The van der Waals surface area contributed by atoms with Gasteiger partial charge in [-0.05, 0) is 42.5 Å². The minimum Gasteiger partial charge on any atom is -0.421 e. The summed E-state index contributed by atoms with van der Waals surface area (Å²) in [5, 5.41) is 10.0. The van der Waals surface area contributed by atoms with Gasteiger partial charge < -0.3 is 9.73 Å². The Hall–Kier alpha value is -3.23. The fraction of sp³-hybridized carbons (Fsp3) is 0.167. The molecule has 0 saturated carbocycles. The zero-order valence-electron chi connectivity index (χ0n) is 13.8. The summed E-state index contributed by atoms with van der Waals surface area (Å²) in [7, 11) is 0. The highest BCUT2D eigenvalue weighted by molar-refractivity contribution is 5.90. The molecule has 0 spiro atoms. The molecule has 0 aliphatic heterocycles. The first kappa shape index (κ1) is 18.6. The van der Waals surface area contributed by atoms with Gasteiger partial charge in [-0.25, -0.2) is 4.39 Å². The van der Waals surface area contributed by atoms with E-state index in [2.05, 4.69) is 15.5 Å². The minimum absolute atomic E-state index is 0.0485. The average molecular weight is 379 g/mol. The minimum atomic E-state index is -4.48. The van der Waals surface area contributed by atoms with Crippen molar-refractivity contribution in [2.75, 3.05) is 5.32 Å². The van der Waals surface area contributed by atoms with E-state index < -0.39 is 23.5 Å². The van der Waals surface area contributed by atoms with E-state index in [4.69, 9.17) is 4.42 Å². The Morgan fingerprint density at radius 3 is 2.52 bits per heavy atom. The van der Waals surface area contributed by atoms with Crippen LogP contribution in [0.5, 0.6) is 0 Å². The number of alkyl halides is 3. The molecule has 140 valence electrons. The summed E-state index contributed by atoms with van der Waals surface area (Å²) < 4.78 is 56.3. The fourth-order valence-electron chi connectivity index (χ4n) is 2.28. The number of aromatic nitrogens is 2. The van der Waals surface area contributed by atoms with Crippen LogP contribution in [-0.2, 0) is 17.4 Å². The van der Waals surface area contributed by atoms with E-state index in [-0.39, 0.29) is 30.3 Å². The summed E-state index contributed by atoms with van der Waals surface area (Å²) in [6.45, 7) is 0. The van der Waals surface area contributed by atoms with Crippen LogP contribution in [0, 0.1) is 5.82 Å². The number of benzene rings is 2. The number of hydrogen-bond donors (Lipinski definition) is 1. The number of carbonyl (C=O) groups excluding carboxylic acids is 1. The molecule has 1 amide bonds. The van der Waals surface area contributed by atoms with Crippen molar-refractivity contribution < 1.29 is 26.8 Å². The van der Waals surface area contributed by atoms with Gasteiger partial charge in [-0.3, -0.25) is 4.79 Å². The lowest BCUT2D eigenvalue weighted by Gasteiger charge is -2.09. The van der Waals surface area contributed by atoms with Crippen molar-refractivity contribution in [3.8, 4) is 11.5 Å². The van der Waals surface area contributed by atoms with Crippen molar-refractivity contribution in [2.24, 2.45) is 0 Å². The summed E-state index contributed by atoms with van der Waals surface area (Å²) in [5.41, 5.74) is -0.267. The summed E-state index contributed by atoms with van der Waals surface area (Å²) in [6.07, 6.45) is -4.43. The first-order valence-corrected chi connectivity index (χ1v) is 7.87. The third-order valence-corrected chi connectivity index (χ3v) is 3.60. The Kier molecular flexibility index (Phi) is 5.20. The molecule has 27 heavy (non-hydrogen) atoms. The zero-order chi connectivity index (χ0) is 19.4. The second kappa shape index (κ2) is 7.56. The lowest BCUT2D eigenvalue weighted by atomic mass is 10.2. The summed E-state index contributed by atoms with van der Waals surface area (Å²) in [4.78, 5) is 11.9. The predicted molar refractivity (Wildman–Crippen MR) is 88.1 cm³/mol. The smallest absolute Gasteiger partial charge is 0.416 e. The molecule has 0 aliphatic rings. The Morgan fingerprint density at radius 2 is 1.81 bits per heavy atom. The van der Waals surface area contributed by atoms with Crippen LogP contribution in [0.3, 0.4) is 0 Å². The molecule has 0 bridgehead atoms. The first-order valence-electron chi connectivity index (χ1n) is 7.87. The monoisotopic (exact) mass is 379 g/mol. The maximum atomic E-state index is 12.9. The van der Waals surface area contributed by atoms with Gasteiger partial charge in [0.2, 0.25) is 17.7 Å². The maximum absolute atomic E-state index is 12.9. The van der Waals surface area contributed by atoms with Gasteiger partial charge in [0.15, 0.2) is 0 Å². The Bertz CT molecular complexity index is 936. The molecular formula is C18H13F4N3O2. The van der Waals surface area contributed by atoms with Crippen molar-refractivity contribution in [1.82, 2.24) is 10.2 Å². The van der Waals surface area contributed by atoms with Gasteiger partial charge >= 0.3 is 6.18 Å². The van der Waals surface area contributed by atoms with Crippen LogP contribution in [0.4, 0.5) is 23.2 Å². The number of rotatable bonds is 5. The predicted octanol–water partition coefficient (Wildman–Crippen LogP) is 4.47. The number of nitrogens with one attached hydrogen (secondary N) is 1. The van der Waals surface area contributed by atoms with E-state index in [9.17, 15) is 22.4 Å². The Labute approximate surface area is 151 Å². The third kappa shape index (κ3) is 4.90. The molecule has 3 rings (SSSR count). The normalized spacial score (nSPS) is 11.4. The number of aryl methyl sites for hydroxylation is 1. The van der Waals surface area contributed by atoms with Crippen molar-refractivity contribution in [3.05, 3.63) is 65.8 Å². The molecule has 9 heteroatoms. The first-order chi connectivity index (χ1) is 12.8. The number of nitrogens with zero attached hydrogens (tertiary/aromatic N) is 2. The highest BCUT2D eigenvalue weighted by Crippen LogP contribution is 2.30. The number of carbonyl (C=O) groups is 1. The standard InChI is InChI=1S/C18H13F4N3O2/c19-13-6-4-11(5-7-13)17-25-24-16(27-17)9-8-15(26)23-14-3-1-2-12(10-14)18(20,21)22/h1-7,10H,8-9H2,(H,23,26). The number of anilines is 1. The summed E-state index contributed by atoms with van der Waals surface area (Å²) in [5.74, 6) is -0.516. The topological polar surface area (TPSA) is 68.0 Å². The second-order valence-electron chi connectivity index (χ2n) is 5.63. The largest absolute Gasteiger partial charge is 0.421 e. The molecule has 0 fully saturated rings. The average Bonchev–Trinajstić information content (AvgIpc) is 3.09. The Balaban J connectivity index is 1.58. The molecule has 3 aromatic rings. The molecular weight excluding hydrogens is 366 g/mol. The molecule has 0 atom stereocenters. The number of amides is 1. The summed E-state index contributed by atoms with van der Waals surface area (Å²) in [6, 6.07) is 9.82. The van der Waals surface area contributed by atoms with Crippen molar-refractivity contribution in [3.63, 3.8) is 0 Å². The molecule has 5 nitrogen and oxygen atoms in total. The van der Waals surface area contributed by atoms with Crippen LogP contribution in [0.2, 0.25) is 0 Å². The van der Waals surface area contributed by atoms with Crippen molar-refractivity contribution in [2.45, 2.75) is 19.0 Å². The third-order valence-electron chi connectivity index (χ3n) is 3.60. The van der Waals surface area contributed by atoms with Crippen LogP contribution in [0.1, 0.15) is 17.9 Å². The Morgan fingerprint density at radius 1 is 1.07 bits per heavy atom. The van der Waals surface area contributed by atoms with Gasteiger partial charge in [0.25, 0.3) is 0 Å². The molecule has 1 heterocycles. The van der Waals surface area contributed by atoms with Crippen LogP contribution >= 0.6 is 0 Å². The van der Waals surface area contributed by atoms with E-state index in [0.717, 1.165) is 12.1 Å². The van der Waals surface area contributed by atoms with Crippen LogP contribution in [0.15, 0.2) is 52.9 Å². The van der Waals surface area contributed by atoms with Gasteiger partial charge in [-0.15, -0.1) is 10.2 Å². The number of halogens is 4. The SMILES string of the molecule is O=C(CCc1nnc(-c2ccc(F)cc2)o1)Nc1cccc(C(F)(F)F)c1. The zero-order valence-corrected chi connectivity index (χ0v) is 13.8. The quantitative estimate of drug-likeness (QED) is 0.665. The lowest BCUT2D eigenvalue weighted by molar-refractivity contribution is -0.137. The highest BCUT2D eigenvalue weighted by Gasteiger charge is 2.30. The van der Waals surface area contributed by atoms with E-state index >= 15 is 0 Å². The van der Waals surface area contributed by atoms with Crippen molar-refractivity contribution >= 4 is 11.6 Å². The molecule has 0 saturated heterocycles. The van der Waals surface area contributed by atoms with E-state index in [1.54, 1.807) is 0 Å². The molecule has 1 N–H and O–H groups in total. The highest BCUT2D eigenvalue weighted by atomic mass is 19.4. The van der Waals surface area contributed by atoms with Crippen LogP contribution in [0.25, 0.3) is 11.5 Å². The fourth-order valence-corrected chi connectivity index (χ4v) is 2.28. The summed E-state index contributed by atoms with van der Waals surface area (Å²) >= 11 is 0. The maximum Gasteiger partial charge on any atom is 0.416 e. The molecule has 1 aromatic heterocycles. The lowest BCUT2D eigenvalue weighted by Crippen LogP contribution is -2.13. The van der Waals surface area contributed by atoms with Crippen LogP contribution < -0.4 is 5.32 Å². The van der Waals surface area contributed by atoms with Crippen LogP contribution in [-0.4, -0.2) is 16.1 Å². The van der Waals surface area contributed by atoms with E-state index in [0.29, 0.717) is 5.56 Å². The van der Waals surface area contributed by atoms with Gasteiger partial charge in [0.05, 0.1) is 5.56 Å². The van der Waals surface area contributed by atoms with Gasteiger partial charge in [-0.2, -0.15) is 13.2 Å². The number of hydrogen-bond acceptors (Lipinski definition) is 4. The second-order valence-corrected chi connectivity index (χ2v) is 5.63. The van der Waals surface area contributed by atoms with E-state index in [1.165, 1.54) is 36.4 Å². The van der Waals surface area contributed by atoms with Crippen molar-refractivity contribution in [1.29, 1.82) is 0 Å². The van der Waals surface area contributed by atoms with Gasteiger partial charge in [0.1, 0.15) is 5.82 Å². The van der Waals surface area contributed by atoms with Gasteiger partial charge in [-0.1, -0.05) is 6.07 Å². The molecule has 0 aliphatic carbocycles. The van der Waals surface area contributed by atoms with Gasteiger partial charge in [0, 0.05) is 24.1 Å².